The number of fused-ring (bicyclic) bond motifs is 1. The zero-order chi connectivity index (χ0) is 13.9. The molecule has 0 aliphatic rings. The molecule has 4 heteroatoms. The highest BCUT2D eigenvalue weighted by molar-refractivity contribution is 5.80. The minimum absolute atomic E-state index is 0.114. The van der Waals surface area contributed by atoms with E-state index in [4.69, 9.17) is 0 Å². The lowest BCUT2D eigenvalue weighted by Gasteiger charge is -2.11. The third-order valence-electron chi connectivity index (χ3n) is 3.46. The molecule has 3 rings (SSSR count). The predicted octanol–water partition coefficient (Wildman–Crippen LogP) is 3.58. The molecular weight excluding hydrogens is 252 g/mol. The highest BCUT2D eigenvalue weighted by Crippen LogP contribution is 2.27. The summed E-state index contributed by atoms with van der Waals surface area (Å²) < 4.78 is 0. The first kappa shape index (κ1) is 12.4. The first-order valence-corrected chi connectivity index (χ1v) is 6.48. The number of rotatable bonds is 4. The summed E-state index contributed by atoms with van der Waals surface area (Å²) in [5, 5.41) is 12.0. The maximum Gasteiger partial charge on any atom is 0.216 e. The molecule has 0 radical (unpaired) electrons. The minimum atomic E-state index is -0.261. The number of nitrogens with zero attached hydrogens (tertiary/aromatic N) is 1. The molecule has 4 nitrogen and oxygen atoms in total. The molecule has 3 aromatic rings. The van der Waals surface area contributed by atoms with E-state index in [1.54, 1.807) is 0 Å². The molecule has 0 aliphatic heterocycles. The average Bonchev–Trinajstić information content (AvgIpc) is 2.89. The Hall–Kier alpha value is -2.62. The Bertz CT molecular complexity index is 701. The van der Waals surface area contributed by atoms with Crippen molar-refractivity contribution in [3.8, 4) is 0 Å². The summed E-state index contributed by atoms with van der Waals surface area (Å²) in [6.07, 6.45) is 0. The second kappa shape index (κ2) is 5.17. The molecule has 100 valence electrons. The van der Waals surface area contributed by atoms with E-state index in [-0.39, 0.29) is 17.4 Å². The van der Waals surface area contributed by atoms with Crippen molar-refractivity contribution in [1.82, 2.24) is 4.98 Å². The van der Waals surface area contributed by atoms with E-state index < -0.39 is 0 Å². The van der Waals surface area contributed by atoms with E-state index in [1.807, 2.05) is 60.7 Å². The Kier molecular flexibility index (Phi) is 3.21. The smallest absolute Gasteiger partial charge is 0.216 e. The van der Waals surface area contributed by atoms with E-state index in [9.17, 15) is 10.1 Å². The monoisotopic (exact) mass is 266 g/mol. The van der Waals surface area contributed by atoms with Crippen LogP contribution in [0.25, 0.3) is 10.9 Å². The van der Waals surface area contributed by atoms with Crippen LogP contribution in [0.4, 0.5) is 0 Å². The number of nitro groups is 1. The van der Waals surface area contributed by atoms with Crippen LogP contribution >= 0.6 is 0 Å². The molecule has 1 N–H and O–H groups in total. The van der Waals surface area contributed by atoms with Crippen molar-refractivity contribution < 1.29 is 4.92 Å². The second-order valence-corrected chi connectivity index (χ2v) is 4.79. The van der Waals surface area contributed by atoms with Gasteiger partial charge in [0.15, 0.2) is 0 Å². The molecule has 0 aliphatic carbocycles. The number of H-pyrrole nitrogens is 1. The van der Waals surface area contributed by atoms with Crippen molar-refractivity contribution in [1.29, 1.82) is 0 Å². The lowest BCUT2D eigenvalue weighted by Crippen LogP contribution is -2.14. The third kappa shape index (κ3) is 2.40. The van der Waals surface area contributed by atoms with E-state index in [0.29, 0.717) is 0 Å². The van der Waals surface area contributed by atoms with Crippen molar-refractivity contribution >= 4 is 10.9 Å². The number of para-hydroxylation sites is 1. The topological polar surface area (TPSA) is 58.9 Å². The average molecular weight is 266 g/mol. The van der Waals surface area contributed by atoms with Gasteiger partial charge in [0.1, 0.15) is 0 Å². The van der Waals surface area contributed by atoms with Crippen molar-refractivity contribution in [2.24, 2.45) is 0 Å². The van der Waals surface area contributed by atoms with Gasteiger partial charge < -0.3 is 4.98 Å². The SMILES string of the molecule is O=[N+]([O-])C[C@@H](c1ccccc1)c1cc2ccccc2[nH]1. The Morgan fingerprint density at radius 3 is 2.45 bits per heavy atom. The predicted molar refractivity (Wildman–Crippen MR) is 78.4 cm³/mol. The fraction of sp³-hybridized carbons (Fsp3) is 0.125. The Balaban J connectivity index is 2.06. The molecule has 1 atom stereocenters. The van der Waals surface area contributed by atoms with Gasteiger partial charge in [-0.3, -0.25) is 10.1 Å². The lowest BCUT2D eigenvalue weighted by molar-refractivity contribution is -0.481. The van der Waals surface area contributed by atoms with Crippen LogP contribution in [0.5, 0.6) is 0 Å². The van der Waals surface area contributed by atoms with Crippen molar-refractivity contribution in [3.05, 3.63) is 82.0 Å². The minimum Gasteiger partial charge on any atom is -0.358 e. The summed E-state index contributed by atoms with van der Waals surface area (Å²) in [4.78, 5) is 14.0. The number of hydrogen-bond donors (Lipinski definition) is 1. The molecular formula is C16H14N2O2. The first-order chi connectivity index (χ1) is 9.74. The standard InChI is InChI=1S/C16H14N2O2/c19-18(20)11-14(12-6-2-1-3-7-12)16-10-13-8-4-5-9-15(13)17-16/h1-10,14,17H,11H2/t14-/m0/s1. The number of benzene rings is 2. The molecule has 0 saturated carbocycles. The normalized spacial score (nSPS) is 12.4. The number of nitrogens with one attached hydrogen (secondary N) is 1. The molecule has 2 aromatic carbocycles. The maximum absolute atomic E-state index is 11.0. The molecule has 0 unspecified atom stereocenters. The van der Waals surface area contributed by atoms with Gasteiger partial charge in [-0.1, -0.05) is 48.5 Å². The van der Waals surface area contributed by atoms with Crippen LogP contribution in [0, 0.1) is 10.1 Å². The van der Waals surface area contributed by atoms with E-state index in [2.05, 4.69) is 4.98 Å². The van der Waals surface area contributed by atoms with E-state index in [0.717, 1.165) is 22.2 Å². The molecule has 0 fully saturated rings. The van der Waals surface area contributed by atoms with Crippen molar-refractivity contribution in [2.75, 3.05) is 6.54 Å². The summed E-state index contributed by atoms with van der Waals surface area (Å²) in [5.41, 5.74) is 2.84. The second-order valence-electron chi connectivity index (χ2n) is 4.79. The van der Waals surface area contributed by atoms with Gasteiger partial charge in [0, 0.05) is 16.1 Å². The Morgan fingerprint density at radius 1 is 1.05 bits per heavy atom. The highest BCUT2D eigenvalue weighted by Gasteiger charge is 2.21. The summed E-state index contributed by atoms with van der Waals surface area (Å²) in [7, 11) is 0. The van der Waals surface area contributed by atoms with Gasteiger partial charge in [-0.2, -0.15) is 0 Å². The van der Waals surface area contributed by atoms with Crippen LogP contribution in [0.1, 0.15) is 17.2 Å². The largest absolute Gasteiger partial charge is 0.358 e. The molecule has 0 bridgehead atoms. The number of hydrogen-bond acceptors (Lipinski definition) is 2. The Labute approximate surface area is 116 Å². The van der Waals surface area contributed by atoms with Crippen LogP contribution in [-0.2, 0) is 0 Å². The molecule has 1 heterocycles. The van der Waals surface area contributed by atoms with Crippen molar-refractivity contribution in [2.45, 2.75) is 5.92 Å². The van der Waals surface area contributed by atoms with Crippen LogP contribution in [0.3, 0.4) is 0 Å². The van der Waals surface area contributed by atoms with Crippen LogP contribution < -0.4 is 0 Å². The van der Waals surface area contributed by atoms with Gasteiger partial charge in [-0.05, 0) is 23.1 Å². The van der Waals surface area contributed by atoms with Gasteiger partial charge in [0.05, 0.1) is 5.92 Å². The highest BCUT2D eigenvalue weighted by atomic mass is 16.6. The van der Waals surface area contributed by atoms with Crippen LogP contribution in [0.2, 0.25) is 0 Å². The molecule has 20 heavy (non-hydrogen) atoms. The lowest BCUT2D eigenvalue weighted by atomic mass is 9.96. The van der Waals surface area contributed by atoms with Gasteiger partial charge >= 0.3 is 0 Å². The van der Waals surface area contributed by atoms with E-state index in [1.165, 1.54) is 0 Å². The molecule has 0 saturated heterocycles. The summed E-state index contributed by atoms with van der Waals surface area (Å²) >= 11 is 0. The Morgan fingerprint density at radius 2 is 1.75 bits per heavy atom. The van der Waals surface area contributed by atoms with Gasteiger partial charge in [0.2, 0.25) is 6.54 Å². The third-order valence-corrected chi connectivity index (χ3v) is 3.46. The fourth-order valence-corrected chi connectivity index (χ4v) is 2.50. The quantitative estimate of drug-likeness (QED) is 0.579. The van der Waals surface area contributed by atoms with Crippen LogP contribution in [-0.4, -0.2) is 16.5 Å². The summed E-state index contributed by atoms with van der Waals surface area (Å²) in [5.74, 6) is -0.251. The first-order valence-electron chi connectivity index (χ1n) is 6.48. The van der Waals surface area contributed by atoms with E-state index >= 15 is 0 Å². The van der Waals surface area contributed by atoms with Gasteiger partial charge in [-0.15, -0.1) is 0 Å². The number of aromatic nitrogens is 1. The van der Waals surface area contributed by atoms with Gasteiger partial charge in [-0.25, -0.2) is 0 Å². The zero-order valence-corrected chi connectivity index (χ0v) is 10.8. The van der Waals surface area contributed by atoms with Crippen LogP contribution in [0.15, 0.2) is 60.7 Å². The fourth-order valence-electron chi connectivity index (χ4n) is 2.50. The zero-order valence-electron chi connectivity index (χ0n) is 10.8. The van der Waals surface area contributed by atoms with Crippen molar-refractivity contribution in [3.63, 3.8) is 0 Å². The molecule has 0 spiro atoms. The maximum atomic E-state index is 11.0. The summed E-state index contributed by atoms with van der Waals surface area (Å²) in [6, 6.07) is 19.5. The molecule has 0 amide bonds. The summed E-state index contributed by atoms with van der Waals surface area (Å²) in [6.45, 7) is -0.114. The van der Waals surface area contributed by atoms with Gasteiger partial charge in [0.25, 0.3) is 0 Å². The number of aromatic amines is 1. The molecule has 1 aromatic heterocycles.